The number of nitrogens with one attached hydrogen (secondary N) is 1. The Hall–Kier alpha value is -1.68. The predicted molar refractivity (Wildman–Crippen MR) is 91.1 cm³/mol. The molecule has 21 heavy (non-hydrogen) atoms. The minimum atomic E-state index is 0.838. The third-order valence-electron chi connectivity index (χ3n) is 3.63. The Kier molecular flexibility index (Phi) is 4.34. The molecule has 0 bridgehead atoms. The highest BCUT2D eigenvalue weighted by atomic mass is 32.1. The van der Waals surface area contributed by atoms with Gasteiger partial charge in [0.25, 0.3) is 0 Å². The second-order valence-corrected chi connectivity index (χ2v) is 6.72. The third-order valence-corrected chi connectivity index (χ3v) is 4.58. The van der Waals surface area contributed by atoms with E-state index in [9.17, 15) is 0 Å². The zero-order valence-electron chi connectivity index (χ0n) is 12.6. The Labute approximate surface area is 129 Å². The molecule has 3 nitrogen and oxygen atoms in total. The van der Waals surface area contributed by atoms with E-state index in [0.717, 1.165) is 41.2 Å². The van der Waals surface area contributed by atoms with E-state index in [1.165, 1.54) is 23.3 Å². The van der Waals surface area contributed by atoms with Gasteiger partial charge in [-0.3, -0.25) is 0 Å². The molecule has 0 atom stereocenters. The molecule has 0 spiro atoms. The van der Waals surface area contributed by atoms with E-state index in [4.69, 9.17) is 0 Å². The number of aromatic nitrogens is 2. The zero-order valence-corrected chi connectivity index (χ0v) is 13.5. The largest absolute Gasteiger partial charge is 0.369 e. The molecular formula is C17H21N3S. The van der Waals surface area contributed by atoms with Gasteiger partial charge in [-0.05, 0) is 45.6 Å². The molecule has 0 aromatic carbocycles. The lowest BCUT2D eigenvalue weighted by atomic mass is 10.0. The molecule has 2 aromatic rings. The highest BCUT2D eigenvalue weighted by Crippen LogP contribution is 2.28. The maximum atomic E-state index is 4.55. The monoisotopic (exact) mass is 299 g/mol. The van der Waals surface area contributed by atoms with Gasteiger partial charge in [-0.2, -0.15) is 0 Å². The van der Waals surface area contributed by atoms with E-state index in [-0.39, 0.29) is 0 Å². The lowest BCUT2D eigenvalue weighted by Crippen LogP contribution is -2.05. The number of anilines is 1. The fourth-order valence-corrected chi connectivity index (χ4v) is 3.56. The second kappa shape index (κ2) is 6.39. The summed E-state index contributed by atoms with van der Waals surface area (Å²) in [7, 11) is 0. The van der Waals surface area contributed by atoms with Gasteiger partial charge < -0.3 is 5.32 Å². The van der Waals surface area contributed by atoms with Crippen LogP contribution in [0.4, 0.5) is 5.82 Å². The van der Waals surface area contributed by atoms with Gasteiger partial charge in [-0.15, -0.1) is 11.3 Å². The van der Waals surface area contributed by atoms with Crippen molar-refractivity contribution in [3.63, 3.8) is 0 Å². The minimum Gasteiger partial charge on any atom is -0.369 e. The maximum absolute atomic E-state index is 4.55. The Balaban J connectivity index is 1.62. The molecule has 0 radical (unpaired) electrons. The van der Waals surface area contributed by atoms with Gasteiger partial charge in [0.1, 0.15) is 16.5 Å². The van der Waals surface area contributed by atoms with E-state index in [1.807, 2.05) is 6.92 Å². The Morgan fingerprint density at radius 1 is 1.24 bits per heavy atom. The first kappa shape index (κ1) is 14.3. The van der Waals surface area contributed by atoms with Crippen molar-refractivity contribution in [2.75, 3.05) is 11.9 Å². The number of aryl methyl sites for hydroxylation is 2. The van der Waals surface area contributed by atoms with Crippen LogP contribution in [0.1, 0.15) is 36.4 Å². The van der Waals surface area contributed by atoms with Crippen LogP contribution in [0, 0.1) is 13.8 Å². The number of allylic oxidation sites excluding steroid dienone is 4. The number of fused-ring (bicyclic) bond motifs is 1. The van der Waals surface area contributed by atoms with Crippen LogP contribution < -0.4 is 5.32 Å². The van der Waals surface area contributed by atoms with Gasteiger partial charge >= 0.3 is 0 Å². The van der Waals surface area contributed by atoms with Crippen molar-refractivity contribution in [2.45, 2.75) is 39.5 Å². The Morgan fingerprint density at radius 3 is 2.95 bits per heavy atom. The summed E-state index contributed by atoms with van der Waals surface area (Å²) in [5.74, 6) is 1.82. The van der Waals surface area contributed by atoms with Crippen LogP contribution in [-0.2, 0) is 0 Å². The molecule has 110 valence electrons. The van der Waals surface area contributed by atoms with Gasteiger partial charge in [0.15, 0.2) is 0 Å². The molecule has 0 unspecified atom stereocenters. The molecule has 1 aliphatic carbocycles. The number of rotatable bonds is 5. The second-order valence-electron chi connectivity index (χ2n) is 5.48. The van der Waals surface area contributed by atoms with Crippen LogP contribution in [0.3, 0.4) is 0 Å². The average Bonchev–Trinajstić information content (AvgIpc) is 2.84. The molecule has 0 amide bonds. The van der Waals surface area contributed by atoms with Crippen LogP contribution in [0.5, 0.6) is 0 Å². The van der Waals surface area contributed by atoms with Crippen molar-refractivity contribution in [3.8, 4) is 0 Å². The van der Waals surface area contributed by atoms with Crippen molar-refractivity contribution in [1.82, 2.24) is 9.97 Å². The molecule has 1 aliphatic rings. The van der Waals surface area contributed by atoms with Gasteiger partial charge in [-0.1, -0.05) is 23.8 Å². The first-order chi connectivity index (χ1) is 10.2. The molecule has 4 heteroatoms. The Bertz CT molecular complexity index is 697. The quantitative estimate of drug-likeness (QED) is 0.808. The predicted octanol–water partition coefficient (Wildman–Crippen LogP) is 4.78. The fraction of sp³-hybridized carbons (Fsp3) is 0.412. The van der Waals surface area contributed by atoms with E-state index in [2.05, 4.69) is 46.5 Å². The number of hydrogen-bond acceptors (Lipinski definition) is 4. The van der Waals surface area contributed by atoms with E-state index in [0.29, 0.717) is 0 Å². The van der Waals surface area contributed by atoms with Gasteiger partial charge in [0, 0.05) is 11.4 Å². The Morgan fingerprint density at radius 2 is 2.14 bits per heavy atom. The molecule has 1 N–H and O–H groups in total. The van der Waals surface area contributed by atoms with Crippen LogP contribution in [0.15, 0.2) is 29.9 Å². The van der Waals surface area contributed by atoms with E-state index in [1.54, 1.807) is 11.3 Å². The van der Waals surface area contributed by atoms with Crippen molar-refractivity contribution in [2.24, 2.45) is 0 Å². The summed E-state index contributed by atoms with van der Waals surface area (Å²) < 4.78 is 0. The average molecular weight is 299 g/mol. The van der Waals surface area contributed by atoms with E-state index < -0.39 is 0 Å². The van der Waals surface area contributed by atoms with Crippen LogP contribution in [0.2, 0.25) is 0 Å². The zero-order chi connectivity index (χ0) is 14.7. The fourth-order valence-electron chi connectivity index (χ4n) is 2.64. The number of thiophene rings is 1. The van der Waals surface area contributed by atoms with Crippen molar-refractivity contribution in [1.29, 1.82) is 0 Å². The summed E-state index contributed by atoms with van der Waals surface area (Å²) in [6.45, 7) is 5.02. The molecule has 0 saturated heterocycles. The summed E-state index contributed by atoms with van der Waals surface area (Å²) in [5.41, 5.74) is 1.47. The van der Waals surface area contributed by atoms with Gasteiger partial charge in [0.2, 0.25) is 0 Å². The molecule has 2 heterocycles. The molecule has 3 rings (SSSR count). The first-order valence-electron chi connectivity index (χ1n) is 7.56. The third kappa shape index (κ3) is 3.50. The summed E-state index contributed by atoms with van der Waals surface area (Å²) >= 11 is 1.73. The summed E-state index contributed by atoms with van der Waals surface area (Å²) in [4.78, 5) is 11.4. The van der Waals surface area contributed by atoms with Crippen LogP contribution >= 0.6 is 11.3 Å². The molecule has 2 aromatic heterocycles. The smallest absolute Gasteiger partial charge is 0.138 e. The molecule has 0 aliphatic heterocycles. The highest BCUT2D eigenvalue weighted by molar-refractivity contribution is 7.18. The van der Waals surface area contributed by atoms with Crippen LogP contribution in [-0.4, -0.2) is 16.5 Å². The van der Waals surface area contributed by atoms with Gasteiger partial charge in [-0.25, -0.2) is 9.97 Å². The number of hydrogen-bond donors (Lipinski definition) is 1. The van der Waals surface area contributed by atoms with Crippen molar-refractivity contribution < 1.29 is 0 Å². The first-order valence-corrected chi connectivity index (χ1v) is 8.38. The standard InChI is InChI=1S/C17H21N3S/c1-12-11-15-16(19-13(2)20-17(15)21-12)18-10-6-9-14-7-4-3-5-8-14/h4,7-8,11H,3,5-6,9-10H2,1-2H3,(H,18,19,20). The van der Waals surface area contributed by atoms with Crippen molar-refractivity contribution >= 4 is 27.4 Å². The summed E-state index contributed by atoms with van der Waals surface area (Å²) in [6, 6.07) is 2.17. The van der Waals surface area contributed by atoms with Gasteiger partial charge in [0.05, 0.1) is 5.39 Å². The highest BCUT2D eigenvalue weighted by Gasteiger charge is 2.08. The van der Waals surface area contributed by atoms with Crippen molar-refractivity contribution in [3.05, 3.63) is 40.6 Å². The molecule has 0 saturated carbocycles. The molecule has 0 fully saturated rings. The SMILES string of the molecule is Cc1nc(NCCCC2=CCCC=C2)c2cc(C)sc2n1. The lowest BCUT2D eigenvalue weighted by Gasteiger charge is -2.09. The summed E-state index contributed by atoms with van der Waals surface area (Å²) in [6.07, 6.45) is 11.5. The topological polar surface area (TPSA) is 37.8 Å². The molecular weight excluding hydrogens is 278 g/mol. The van der Waals surface area contributed by atoms with Crippen LogP contribution in [0.25, 0.3) is 10.2 Å². The minimum absolute atomic E-state index is 0.838. The maximum Gasteiger partial charge on any atom is 0.138 e. The van der Waals surface area contributed by atoms with E-state index >= 15 is 0 Å². The summed E-state index contributed by atoms with van der Waals surface area (Å²) in [5, 5.41) is 4.64. The lowest BCUT2D eigenvalue weighted by molar-refractivity contribution is 0.845. The normalized spacial score (nSPS) is 14.5. The number of nitrogens with zero attached hydrogens (tertiary/aromatic N) is 2.